The molecule has 0 fully saturated rings. The van der Waals surface area contributed by atoms with Crippen molar-refractivity contribution in [3.8, 4) is 0 Å². The summed E-state index contributed by atoms with van der Waals surface area (Å²) in [5.41, 5.74) is 11.9. The van der Waals surface area contributed by atoms with Crippen LogP contribution >= 0.6 is 0 Å². The number of nitrogens with two attached hydrogens (primary N) is 2. The second-order valence-electron chi connectivity index (χ2n) is 3.14. The number of anilines is 1. The zero-order valence-corrected chi connectivity index (χ0v) is 7.99. The molecular formula is C8H15N5. The fourth-order valence-corrected chi connectivity index (χ4v) is 0.975. The van der Waals surface area contributed by atoms with Crippen molar-refractivity contribution < 1.29 is 0 Å². The van der Waals surface area contributed by atoms with Gasteiger partial charge in [0.15, 0.2) is 0 Å². The predicted molar refractivity (Wildman–Crippen MR) is 51.7 cm³/mol. The highest BCUT2D eigenvalue weighted by Crippen LogP contribution is 2.06. The second-order valence-corrected chi connectivity index (χ2v) is 3.14. The second kappa shape index (κ2) is 4.15. The van der Waals surface area contributed by atoms with Gasteiger partial charge in [0.05, 0.1) is 6.54 Å². The molecule has 5 nitrogen and oxygen atoms in total. The van der Waals surface area contributed by atoms with Gasteiger partial charge < -0.3 is 16.4 Å². The van der Waals surface area contributed by atoms with Crippen LogP contribution in [0.2, 0.25) is 0 Å². The van der Waals surface area contributed by atoms with E-state index in [0.29, 0.717) is 18.9 Å². The third-order valence-electron chi connectivity index (χ3n) is 1.63. The lowest BCUT2D eigenvalue weighted by Gasteiger charge is -2.09. The lowest BCUT2D eigenvalue weighted by molar-refractivity contribution is 0.390. The largest absolute Gasteiger partial charge is 0.383 e. The van der Waals surface area contributed by atoms with Crippen LogP contribution < -0.4 is 11.5 Å². The first-order chi connectivity index (χ1) is 6.13. The van der Waals surface area contributed by atoms with E-state index in [0.717, 1.165) is 11.4 Å². The maximum absolute atomic E-state index is 5.66. The molecule has 0 unspecified atom stereocenters. The molecule has 0 spiro atoms. The van der Waals surface area contributed by atoms with Crippen molar-refractivity contribution in [2.45, 2.75) is 13.1 Å². The van der Waals surface area contributed by atoms with Crippen LogP contribution in [-0.4, -0.2) is 29.0 Å². The SMILES string of the molecule is CN(C)Cc1ncc(CN)c(N)n1. The van der Waals surface area contributed by atoms with Gasteiger partial charge in [-0.05, 0) is 14.1 Å². The van der Waals surface area contributed by atoms with E-state index in [1.165, 1.54) is 0 Å². The van der Waals surface area contributed by atoms with Crippen molar-refractivity contribution in [1.29, 1.82) is 0 Å². The average Bonchev–Trinajstić information content (AvgIpc) is 2.03. The molecule has 1 heterocycles. The van der Waals surface area contributed by atoms with Crippen LogP contribution in [0.4, 0.5) is 5.82 Å². The van der Waals surface area contributed by atoms with Crippen molar-refractivity contribution >= 4 is 5.82 Å². The highest BCUT2D eigenvalue weighted by molar-refractivity contribution is 5.37. The van der Waals surface area contributed by atoms with E-state index in [-0.39, 0.29) is 0 Å². The van der Waals surface area contributed by atoms with E-state index < -0.39 is 0 Å². The quantitative estimate of drug-likeness (QED) is 0.662. The molecule has 0 aliphatic carbocycles. The van der Waals surface area contributed by atoms with Crippen molar-refractivity contribution in [2.24, 2.45) is 5.73 Å². The zero-order chi connectivity index (χ0) is 9.84. The fraction of sp³-hybridized carbons (Fsp3) is 0.500. The lowest BCUT2D eigenvalue weighted by Crippen LogP contribution is -2.15. The molecule has 5 heteroatoms. The summed E-state index contributed by atoms with van der Waals surface area (Å²) in [5.74, 6) is 1.20. The predicted octanol–water partition coefficient (Wildman–Crippen LogP) is -0.421. The highest BCUT2D eigenvalue weighted by Gasteiger charge is 2.02. The minimum Gasteiger partial charge on any atom is -0.383 e. The van der Waals surface area contributed by atoms with Gasteiger partial charge >= 0.3 is 0 Å². The molecule has 0 aliphatic heterocycles. The summed E-state index contributed by atoms with van der Waals surface area (Å²) in [6.07, 6.45) is 1.68. The first-order valence-electron chi connectivity index (χ1n) is 4.08. The normalized spacial score (nSPS) is 10.8. The van der Waals surface area contributed by atoms with Gasteiger partial charge in [-0.25, -0.2) is 9.97 Å². The van der Waals surface area contributed by atoms with Crippen molar-refractivity contribution in [2.75, 3.05) is 19.8 Å². The van der Waals surface area contributed by atoms with Crippen LogP contribution in [0.25, 0.3) is 0 Å². The molecular weight excluding hydrogens is 166 g/mol. The number of hydrogen-bond donors (Lipinski definition) is 2. The van der Waals surface area contributed by atoms with E-state index in [4.69, 9.17) is 11.5 Å². The third-order valence-corrected chi connectivity index (χ3v) is 1.63. The van der Waals surface area contributed by atoms with Crippen LogP contribution in [0.5, 0.6) is 0 Å². The Hall–Kier alpha value is -1.20. The van der Waals surface area contributed by atoms with Gasteiger partial charge in [-0.1, -0.05) is 0 Å². The van der Waals surface area contributed by atoms with Crippen LogP contribution in [0, 0.1) is 0 Å². The maximum Gasteiger partial charge on any atom is 0.144 e. The summed E-state index contributed by atoms with van der Waals surface area (Å²) in [6, 6.07) is 0. The Balaban J connectivity index is 2.83. The summed E-state index contributed by atoms with van der Waals surface area (Å²) in [4.78, 5) is 10.2. The van der Waals surface area contributed by atoms with Gasteiger partial charge in [-0.2, -0.15) is 0 Å². The number of nitrogens with zero attached hydrogens (tertiary/aromatic N) is 3. The Kier molecular flexibility index (Phi) is 3.16. The first kappa shape index (κ1) is 9.88. The number of rotatable bonds is 3. The smallest absolute Gasteiger partial charge is 0.144 e. The summed E-state index contributed by atoms with van der Waals surface area (Å²) in [7, 11) is 3.91. The van der Waals surface area contributed by atoms with Gasteiger partial charge in [-0.3, -0.25) is 0 Å². The molecule has 0 aromatic carbocycles. The van der Waals surface area contributed by atoms with Crippen LogP contribution in [0.3, 0.4) is 0 Å². The molecule has 13 heavy (non-hydrogen) atoms. The Morgan fingerprint density at radius 3 is 2.62 bits per heavy atom. The van der Waals surface area contributed by atoms with Gasteiger partial charge in [-0.15, -0.1) is 0 Å². The zero-order valence-electron chi connectivity index (χ0n) is 7.99. The molecule has 1 aromatic rings. The van der Waals surface area contributed by atoms with E-state index in [1.807, 2.05) is 19.0 Å². The molecule has 72 valence electrons. The minimum absolute atomic E-state index is 0.383. The molecule has 0 saturated carbocycles. The molecule has 0 aliphatic rings. The van der Waals surface area contributed by atoms with Gasteiger partial charge in [0, 0.05) is 18.3 Å². The van der Waals surface area contributed by atoms with Crippen molar-refractivity contribution in [3.63, 3.8) is 0 Å². The third kappa shape index (κ3) is 2.64. The van der Waals surface area contributed by atoms with Crippen molar-refractivity contribution in [1.82, 2.24) is 14.9 Å². The summed E-state index contributed by atoms with van der Waals surface area (Å²) >= 11 is 0. The Labute approximate surface area is 77.8 Å². The molecule has 0 saturated heterocycles. The van der Waals surface area contributed by atoms with Crippen molar-refractivity contribution in [3.05, 3.63) is 17.6 Å². The fourth-order valence-electron chi connectivity index (χ4n) is 0.975. The molecule has 1 aromatic heterocycles. The molecule has 0 atom stereocenters. The number of hydrogen-bond acceptors (Lipinski definition) is 5. The van der Waals surface area contributed by atoms with E-state index >= 15 is 0 Å². The molecule has 0 bridgehead atoms. The monoisotopic (exact) mass is 181 g/mol. The van der Waals surface area contributed by atoms with E-state index in [1.54, 1.807) is 6.20 Å². The van der Waals surface area contributed by atoms with E-state index in [2.05, 4.69) is 9.97 Å². The van der Waals surface area contributed by atoms with Gasteiger partial charge in [0.2, 0.25) is 0 Å². The summed E-state index contributed by atoms with van der Waals surface area (Å²) in [5, 5.41) is 0. The number of nitrogen functional groups attached to an aromatic ring is 1. The Morgan fingerprint density at radius 1 is 1.46 bits per heavy atom. The minimum atomic E-state index is 0.383. The standard InChI is InChI=1S/C8H15N5/c1-13(2)5-7-11-4-6(3-9)8(10)12-7/h4H,3,5,9H2,1-2H3,(H2,10,11,12). The Bertz CT molecular complexity index is 284. The van der Waals surface area contributed by atoms with Crippen LogP contribution in [-0.2, 0) is 13.1 Å². The first-order valence-corrected chi connectivity index (χ1v) is 4.08. The Morgan fingerprint density at radius 2 is 2.15 bits per heavy atom. The van der Waals surface area contributed by atoms with Crippen LogP contribution in [0.15, 0.2) is 6.20 Å². The molecule has 0 amide bonds. The maximum atomic E-state index is 5.66. The molecule has 1 rings (SSSR count). The summed E-state index contributed by atoms with van der Waals surface area (Å²) < 4.78 is 0. The average molecular weight is 181 g/mol. The van der Waals surface area contributed by atoms with Gasteiger partial charge in [0.1, 0.15) is 11.6 Å². The molecule has 0 radical (unpaired) electrons. The number of aromatic nitrogens is 2. The molecule has 4 N–H and O–H groups in total. The highest BCUT2D eigenvalue weighted by atomic mass is 15.1. The lowest BCUT2D eigenvalue weighted by atomic mass is 10.3. The van der Waals surface area contributed by atoms with E-state index in [9.17, 15) is 0 Å². The van der Waals surface area contributed by atoms with Crippen LogP contribution in [0.1, 0.15) is 11.4 Å². The topological polar surface area (TPSA) is 81.1 Å². The van der Waals surface area contributed by atoms with Gasteiger partial charge in [0.25, 0.3) is 0 Å². The summed E-state index contributed by atoms with van der Waals surface area (Å²) in [6.45, 7) is 1.07.